The predicted octanol–water partition coefficient (Wildman–Crippen LogP) is 2.12. The highest BCUT2D eigenvalue weighted by Gasteiger charge is 2.22. The Morgan fingerprint density at radius 3 is 2.65 bits per heavy atom. The molecule has 1 aromatic rings. The summed E-state index contributed by atoms with van der Waals surface area (Å²) in [5.74, 6) is 0.515. The lowest BCUT2D eigenvalue weighted by Gasteiger charge is -2.10. The highest BCUT2D eigenvalue weighted by Crippen LogP contribution is 2.40. The number of fused-ring (bicyclic) bond motifs is 1. The molecule has 0 spiro atoms. The molecule has 0 bridgehead atoms. The summed E-state index contributed by atoms with van der Waals surface area (Å²) in [7, 11) is 3.19. The van der Waals surface area contributed by atoms with Gasteiger partial charge in [-0.1, -0.05) is 0 Å². The number of rotatable bonds is 3. The van der Waals surface area contributed by atoms with Crippen LogP contribution in [0.2, 0.25) is 0 Å². The highest BCUT2D eigenvalue weighted by molar-refractivity contribution is 5.92. The summed E-state index contributed by atoms with van der Waals surface area (Å²) in [5.41, 5.74) is 2.80. The van der Waals surface area contributed by atoms with Gasteiger partial charge in [0, 0.05) is 17.7 Å². The van der Waals surface area contributed by atoms with Gasteiger partial charge in [0.15, 0.2) is 0 Å². The molecule has 1 aliphatic carbocycles. The first kappa shape index (κ1) is 11.5. The number of aliphatic carboxylic acids is 1. The summed E-state index contributed by atoms with van der Waals surface area (Å²) < 4.78 is 10.5. The molecule has 0 atom stereocenters. The zero-order valence-corrected chi connectivity index (χ0v) is 9.82. The third-order valence-corrected chi connectivity index (χ3v) is 2.93. The Morgan fingerprint density at radius 1 is 1.29 bits per heavy atom. The number of benzene rings is 1. The van der Waals surface area contributed by atoms with E-state index in [1.807, 2.05) is 12.1 Å². The van der Waals surface area contributed by atoms with Crippen molar-refractivity contribution in [3.05, 3.63) is 29.3 Å². The Labute approximate surface area is 99.5 Å². The monoisotopic (exact) mass is 234 g/mol. The Balaban J connectivity index is 2.54. The van der Waals surface area contributed by atoms with Crippen molar-refractivity contribution >= 4 is 11.5 Å². The van der Waals surface area contributed by atoms with Crippen molar-refractivity contribution in [2.24, 2.45) is 0 Å². The van der Waals surface area contributed by atoms with E-state index >= 15 is 0 Å². The van der Waals surface area contributed by atoms with Crippen molar-refractivity contribution in [2.45, 2.75) is 12.8 Å². The maximum atomic E-state index is 10.7. The first-order chi connectivity index (χ1) is 8.15. The van der Waals surface area contributed by atoms with Gasteiger partial charge in [0.2, 0.25) is 0 Å². The summed E-state index contributed by atoms with van der Waals surface area (Å²) in [6.07, 6.45) is 2.79. The summed E-state index contributed by atoms with van der Waals surface area (Å²) in [5, 5.41) is 8.81. The normalized spacial score (nSPS) is 15.8. The van der Waals surface area contributed by atoms with Crippen LogP contribution in [0.15, 0.2) is 18.2 Å². The number of methoxy groups -OCH3 is 2. The van der Waals surface area contributed by atoms with E-state index in [0.717, 1.165) is 35.3 Å². The van der Waals surface area contributed by atoms with E-state index < -0.39 is 5.97 Å². The molecular formula is C13H14O4. The number of hydrogen-bond acceptors (Lipinski definition) is 3. The molecule has 0 aliphatic heterocycles. The number of hydrogen-bond donors (Lipinski definition) is 1. The quantitative estimate of drug-likeness (QED) is 0.814. The molecule has 0 aromatic heterocycles. The van der Waals surface area contributed by atoms with Crippen LogP contribution in [0, 0.1) is 0 Å². The van der Waals surface area contributed by atoms with Gasteiger partial charge in [-0.2, -0.15) is 0 Å². The van der Waals surface area contributed by atoms with Crippen molar-refractivity contribution in [1.82, 2.24) is 0 Å². The molecule has 0 radical (unpaired) electrons. The molecule has 0 saturated carbocycles. The molecule has 0 heterocycles. The summed E-state index contributed by atoms with van der Waals surface area (Å²) in [6.45, 7) is 0. The Hall–Kier alpha value is -1.97. The zero-order chi connectivity index (χ0) is 12.4. The van der Waals surface area contributed by atoms with Gasteiger partial charge in [-0.15, -0.1) is 0 Å². The molecule has 4 heteroatoms. The number of allylic oxidation sites excluding steroid dienone is 1. The molecule has 0 fully saturated rings. The van der Waals surface area contributed by atoms with Crippen LogP contribution in [-0.2, 0) is 11.2 Å². The molecule has 1 aliphatic rings. The van der Waals surface area contributed by atoms with Crippen LogP contribution in [0.5, 0.6) is 11.5 Å². The maximum Gasteiger partial charge on any atom is 0.328 e. The fourth-order valence-electron chi connectivity index (χ4n) is 2.16. The second kappa shape index (κ2) is 4.49. The molecule has 4 nitrogen and oxygen atoms in total. The standard InChI is InChI=1S/C13H14O4/c1-16-9-6-11-8(5-13(14)15)3-4-10(11)12(7-9)17-2/h5-7H,3-4H2,1-2H3,(H,14,15)/b8-5+. The average Bonchev–Trinajstić information content (AvgIpc) is 2.70. The molecule has 0 saturated heterocycles. The van der Waals surface area contributed by atoms with Crippen LogP contribution < -0.4 is 9.47 Å². The maximum absolute atomic E-state index is 10.7. The largest absolute Gasteiger partial charge is 0.497 e. The van der Waals surface area contributed by atoms with Crippen molar-refractivity contribution in [3.8, 4) is 11.5 Å². The minimum Gasteiger partial charge on any atom is -0.497 e. The molecule has 17 heavy (non-hydrogen) atoms. The minimum atomic E-state index is -0.922. The first-order valence-corrected chi connectivity index (χ1v) is 5.34. The topological polar surface area (TPSA) is 55.8 Å². The van der Waals surface area contributed by atoms with E-state index in [4.69, 9.17) is 14.6 Å². The van der Waals surface area contributed by atoms with Gasteiger partial charge in [0.05, 0.1) is 14.2 Å². The van der Waals surface area contributed by atoms with Gasteiger partial charge in [-0.05, 0) is 30.0 Å². The van der Waals surface area contributed by atoms with Gasteiger partial charge >= 0.3 is 5.97 Å². The Morgan fingerprint density at radius 2 is 2.06 bits per heavy atom. The molecule has 90 valence electrons. The molecule has 2 rings (SSSR count). The van der Waals surface area contributed by atoms with Crippen LogP contribution in [0.1, 0.15) is 17.5 Å². The molecular weight excluding hydrogens is 220 g/mol. The SMILES string of the molecule is COc1cc(OC)c2c(c1)/C(=C/C(=O)O)CC2. The number of carboxylic acids is 1. The van der Waals surface area contributed by atoms with E-state index in [1.165, 1.54) is 6.08 Å². The van der Waals surface area contributed by atoms with Crippen LogP contribution in [-0.4, -0.2) is 25.3 Å². The van der Waals surface area contributed by atoms with Crippen LogP contribution in [0.4, 0.5) is 0 Å². The highest BCUT2D eigenvalue weighted by atomic mass is 16.5. The van der Waals surface area contributed by atoms with E-state index in [1.54, 1.807) is 14.2 Å². The number of ether oxygens (including phenoxy) is 2. The van der Waals surface area contributed by atoms with Gasteiger partial charge in [-0.3, -0.25) is 0 Å². The lowest BCUT2D eigenvalue weighted by molar-refractivity contribution is -0.131. The fraction of sp³-hybridized carbons (Fsp3) is 0.308. The minimum absolute atomic E-state index is 0.679. The first-order valence-electron chi connectivity index (χ1n) is 5.34. The summed E-state index contributed by atoms with van der Waals surface area (Å²) in [4.78, 5) is 10.7. The van der Waals surface area contributed by atoms with Crippen molar-refractivity contribution in [1.29, 1.82) is 0 Å². The van der Waals surface area contributed by atoms with Gasteiger partial charge < -0.3 is 14.6 Å². The van der Waals surface area contributed by atoms with E-state index in [-0.39, 0.29) is 0 Å². The van der Waals surface area contributed by atoms with Crippen molar-refractivity contribution in [3.63, 3.8) is 0 Å². The average molecular weight is 234 g/mol. The molecule has 1 N–H and O–H groups in total. The second-order valence-corrected chi connectivity index (χ2v) is 3.86. The third kappa shape index (κ3) is 2.11. The van der Waals surface area contributed by atoms with Crippen LogP contribution in [0.25, 0.3) is 5.57 Å². The molecule has 0 amide bonds. The van der Waals surface area contributed by atoms with Gasteiger partial charge in [0.1, 0.15) is 11.5 Å². The Kier molecular flexibility index (Phi) is 3.04. The lowest BCUT2D eigenvalue weighted by Crippen LogP contribution is -1.94. The third-order valence-electron chi connectivity index (χ3n) is 2.93. The predicted molar refractivity (Wildman–Crippen MR) is 63.5 cm³/mol. The molecule has 0 unspecified atom stereocenters. The number of carboxylic acid groups (broad SMARTS) is 1. The molecule has 1 aromatic carbocycles. The van der Waals surface area contributed by atoms with Gasteiger partial charge in [0.25, 0.3) is 0 Å². The fourth-order valence-corrected chi connectivity index (χ4v) is 2.16. The Bertz CT molecular complexity index is 488. The van der Waals surface area contributed by atoms with E-state index in [2.05, 4.69) is 0 Å². The smallest absolute Gasteiger partial charge is 0.328 e. The zero-order valence-electron chi connectivity index (χ0n) is 9.82. The van der Waals surface area contributed by atoms with Crippen molar-refractivity contribution < 1.29 is 19.4 Å². The van der Waals surface area contributed by atoms with Crippen LogP contribution in [0.3, 0.4) is 0 Å². The summed E-state index contributed by atoms with van der Waals surface area (Å²) >= 11 is 0. The van der Waals surface area contributed by atoms with E-state index in [9.17, 15) is 4.79 Å². The van der Waals surface area contributed by atoms with Crippen molar-refractivity contribution in [2.75, 3.05) is 14.2 Å². The van der Waals surface area contributed by atoms with Crippen LogP contribution >= 0.6 is 0 Å². The lowest BCUT2D eigenvalue weighted by atomic mass is 10.1. The summed E-state index contributed by atoms with van der Waals surface area (Å²) in [6, 6.07) is 3.68. The van der Waals surface area contributed by atoms with E-state index in [0.29, 0.717) is 5.75 Å². The number of carbonyl (C=O) groups is 1. The second-order valence-electron chi connectivity index (χ2n) is 3.86. The van der Waals surface area contributed by atoms with Gasteiger partial charge in [-0.25, -0.2) is 4.79 Å².